The van der Waals surface area contributed by atoms with Crippen LogP contribution in [0.3, 0.4) is 0 Å². The van der Waals surface area contributed by atoms with Gasteiger partial charge in [0.15, 0.2) is 0 Å². The molecule has 1 aromatic carbocycles. The standard InChI is InChI=1S/C8H6Cl2F2O2S/c9-6-4-7(11)5(3-8(6)12)1-2-15(10,13)14/h3-4H,1-2H2. The Labute approximate surface area is 95.2 Å². The number of rotatable bonds is 3. The average Bonchev–Trinajstić information content (AvgIpc) is 2.07. The molecule has 0 heterocycles. The van der Waals surface area contributed by atoms with Gasteiger partial charge in [-0.25, -0.2) is 17.2 Å². The van der Waals surface area contributed by atoms with Crippen LogP contribution >= 0.6 is 22.3 Å². The molecule has 15 heavy (non-hydrogen) atoms. The van der Waals surface area contributed by atoms with Gasteiger partial charge >= 0.3 is 0 Å². The van der Waals surface area contributed by atoms with Crippen LogP contribution in [-0.4, -0.2) is 14.2 Å². The molecule has 1 rings (SSSR count). The van der Waals surface area contributed by atoms with Gasteiger partial charge in [-0.2, -0.15) is 0 Å². The average molecular weight is 275 g/mol. The van der Waals surface area contributed by atoms with Crippen LogP contribution in [0.15, 0.2) is 12.1 Å². The smallest absolute Gasteiger partial charge is 0.212 e. The number of halogens is 4. The predicted octanol–water partition coefficient (Wildman–Crippen LogP) is 2.73. The fraction of sp³-hybridized carbons (Fsp3) is 0.250. The van der Waals surface area contributed by atoms with Gasteiger partial charge in [0.05, 0.1) is 10.8 Å². The van der Waals surface area contributed by atoms with Gasteiger partial charge in [-0.15, -0.1) is 0 Å². The summed E-state index contributed by atoms with van der Waals surface area (Å²) < 4.78 is 47.2. The normalized spacial score (nSPS) is 11.7. The third kappa shape index (κ3) is 3.93. The van der Waals surface area contributed by atoms with Crippen molar-refractivity contribution in [1.29, 1.82) is 0 Å². The molecule has 0 bridgehead atoms. The van der Waals surface area contributed by atoms with E-state index in [-0.39, 0.29) is 17.0 Å². The van der Waals surface area contributed by atoms with Crippen molar-refractivity contribution in [2.75, 3.05) is 5.75 Å². The summed E-state index contributed by atoms with van der Waals surface area (Å²) in [5.74, 6) is -1.99. The molecule has 0 aliphatic heterocycles. The van der Waals surface area contributed by atoms with Gasteiger partial charge in [0.2, 0.25) is 9.05 Å². The molecule has 0 unspecified atom stereocenters. The van der Waals surface area contributed by atoms with Crippen LogP contribution in [0.4, 0.5) is 8.78 Å². The third-order valence-electron chi connectivity index (χ3n) is 1.70. The monoisotopic (exact) mass is 274 g/mol. The molecule has 1 aromatic rings. The molecule has 0 N–H and O–H groups in total. The lowest BCUT2D eigenvalue weighted by Gasteiger charge is -2.03. The summed E-state index contributed by atoms with van der Waals surface area (Å²) >= 11 is 5.32. The number of hydrogen-bond acceptors (Lipinski definition) is 2. The molecule has 0 amide bonds. The summed E-state index contributed by atoms with van der Waals surface area (Å²) in [6.07, 6.45) is -0.189. The molecular formula is C8H6Cl2F2O2S. The Morgan fingerprint density at radius 2 is 1.80 bits per heavy atom. The van der Waals surface area contributed by atoms with E-state index in [9.17, 15) is 17.2 Å². The summed E-state index contributed by atoms with van der Waals surface area (Å²) in [5.41, 5.74) is -0.0684. The molecule has 0 aromatic heterocycles. The Bertz CT molecular complexity index is 474. The van der Waals surface area contributed by atoms with Gasteiger partial charge in [-0.3, -0.25) is 0 Å². The van der Waals surface area contributed by atoms with Crippen LogP contribution in [-0.2, 0) is 15.5 Å². The first-order valence-corrected chi connectivity index (χ1v) is 6.71. The molecule has 0 radical (unpaired) electrons. The molecule has 0 aliphatic rings. The maximum absolute atomic E-state index is 13.1. The highest BCUT2D eigenvalue weighted by atomic mass is 35.7. The van der Waals surface area contributed by atoms with Gasteiger partial charge in [0.1, 0.15) is 11.6 Å². The van der Waals surface area contributed by atoms with Crippen molar-refractivity contribution in [1.82, 2.24) is 0 Å². The van der Waals surface area contributed by atoms with Crippen LogP contribution in [0, 0.1) is 11.6 Å². The topological polar surface area (TPSA) is 34.1 Å². The second-order valence-electron chi connectivity index (χ2n) is 2.85. The Balaban J connectivity index is 2.91. The van der Waals surface area contributed by atoms with E-state index in [4.69, 9.17) is 22.3 Å². The van der Waals surface area contributed by atoms with Gasteiger partial charge < -0.3 is 0 Å². The van der Waals surface area contributed by atoms with Gasteiger partial charge in [-0.1, -0.05) is 11.6 Å². The van der Waals surface area contributed by atoms with E-state index in [2.05, 4.69) is 0 Å². The van der Waals surface area contributed by atoms with Crippen molar-refractivity contribution in [3.05, 3.63) is 34.4 Å². The van der Waals surface area contributed by atoms with Crippen LogP contribution in [0.25, 0.3) is 0 Å². The van der Waals surface area contributed by atoms with E-state index in [1.54, 1.807) is 0 Å². The number of benzene rings is 1. The van der Waals surface area contributed by atoms with Crippen molar-refractivity contribution >= 4 is 31.3 Å². The number of hydrogen-bond donors (Lipinski definition) is 0. The van der Waals surface area contributed by atoms with Crippen molar-refractivity contribution in [3.63, 3.8) is 0 Å². The minimum atomic E-state index is -3.71. The lowest BCUT2D eigenvalue weighted by atomic mass is 10.1. The van der Waals surface area contributed by atoms with Crippen LogP contribution < -0.4 is 0 Å². The predicted molar refractivity (Wildman–Crippen MR) is 54.7 cm³/mol. The summed E-state index contributed by atoms with van der Waals surface area (Å²) in [5, 5.41) is -0.343. The summed E-state index contributed by atoms with van der Waals surface area (Å²) in [6.45, 7) is 0. The first-order chi connectivity index (χ1) is 6.79. The second-order valence-corrected chi connectivity index (χ2v) is 6.15. The van der Waals surface area contributed by atoms with E-state index < -0.39 is 26.4 Å². The quantitative estimate of drug-likeness (QED) is 0.628. The van der Waals surface area contributed by atoms with E-state index in [0.29, 0.717) is 0 Å². The van der Waals surface area contributed by atoms with Gasteiger partial charge in [0, 0.05) is 10.7 Å². The van der Waals surface area contributed by atoms with Crippen molar-refractivity contribution < 1.29 is 17.2 Å². The van der Waals surface area contributed by atoms with E-state index in [0.717, 1.165) is 12.1 Å². The zero-order chi connectivity index (χ0) is 11.6. The van der Waals surface area contributed by atoms with Crippen LogP contribution in [0.2, 0.25) is 5.02 Å². The molecule has 0 atom stereocenters. The second kappa shape index (κ2) is 4.63. The molecule has 7 heteroatoms. The first kappa shape index (κ1) is 12.7. The lowest BCUT2D eigenvalue weighted by Crippen LogP contribution is -2.03. The zero-order valence-electron chi connectivity index (χ0n) is 7.31. The Hall–Kier alpha value is -0.390. The van der Waals surface area contributed by atoms with Gasteiger partial charge in [0.25, 0.3) is 0 Å². The van der Waals surface area contributed by atoms with E-state index in [1.807, 2.05) is 0 Å². The van der Waals surface area contributed by atoms with Crippen molar-refractivity contribution in [2.45, 2.75) is 6.42 Å². The fourth-order valence-corrected chi connectivity index (χ4v) is 1.83. The summed E-state index contributed by atoms with van der Waals surface area (Å²) in [4.78, 5) is 0. The minimum absolute atomic E-state index is 0.0684. The van der Waals surface area contributed by atoms with Crippen LogP contribution in [0.1, 0.15) is 5.56 Å². The third-order valence-corrected chi connectivity index (χ3v) is 3.15. The van der Waals surface area contributed by atoms with Gasteiger partial charge in [-0.05, 0) is 24.1 Å². The lowest BCUT2D eigenvalue weighted by molar-refractivity contribution is 0.584. The largest absolute Gasteiger partial charge is 0.232 e. The molecule has 0 saturated carbocycles. The maximum atomic E-state index is 13.1. The molecule has 0 aliphatic carbocycles. The maximum Gasteiger partial charge on any atom is 0.232 e. The summed E-state index contributed by atoms with van der Waals surface area (Å²) in [6, 6.07) is 1.66. The van der Waals surface area contributed by atoms with Crippen molar-refractivity contribution in [2.24, 2.45) is 0 Å². The van der Waals surface area contributed by atoms with E-state index in [1.165, 1.54) is 0 Å². The molecule has 0 saturated heterocycles. The Morgan fingerprint density at radius 1 is 1.20 bits per heavy atom. The highest BCUT2D eigenvalue weighted by Crippen LogP contribution is 2.20. The Morgan fingerprint density at radius 3 is 2.33 bits per heavy atom. The highest BCUT2D eigenvalue weighted by molar-refractivity contribution is 8.13. The SMILES string of the molecule is O=S(=O)(Cl)CCc1cc(F)c(Cl)cc1F. The van der Waals surface area contributed by atoms with E-state index >= 15 is 0 Å². The number of aryl methyl sites for hydroxylation is 1. The minimum Gasteiger partial charge on any atom is -0.212 e. The molecular weight excluding hydrogens is 269 g/mol. The molecule has 84 valence electrons. The van der Waals surface area contributed by atoms with Crippen LogP contribution in [0.5, 0.6) is 0 Å². The van der Waals surface area contributed by atoms with Crippen molar-refractivity contribution in [3.8, 4) is 0 Å². The molecule has 0 fully saturated rings. The zero-order valence-corrected chi connectivity index (χ0v) is 9.63. The highest BCUT2D eigenvalue weighted by Gasteiger charge is 2.12. The summed E-state index contributed by atoms with van der Waals surface area (Å²) in [7, 11) is 1.22. The molecule has 0 spiro atoms. The Kier molecular flexibility index (Phi) is 3.92. The molecule has 2 nitrogen and oxygen atoms in total. The first-order valence-electron chi connectivity index (χ1n) is 3.85. The fourth-order valence-electron chi connectivity index (χ4n) is 0.987.